The average molecular weight is 219 g/mol. The van der Waals surface area contributed by atoms with Crippen LogP contribution in [0.25, 0.3) is 0 Å². The predicted octanol–water partition coefficient (Wildman–Crippen LogP) is 2.40. The van der Waals surface area contributed by atoms with Gasteiger partial charge in [-0.1, -0.05) is 25.1 Å². The Morgan fingerprint density at radius 2 is 2.00 bits per heavy atom. The summed E-state index contributed by atoms with van der Waals surface area (Å²) in [6.07, 6.45) is 1.31. The summed E-state index contributed by atoms with van der Waals surface area (Å²) in [5.41, 5.74) is 9.08. The lowest BCUT2D eigenvalue weighted by Gasteiger charge is -2.09. The van der Waals surface area contributed by atoms with E-state index in [-0.39, 0.29) is 11.7 Å². The number of Topliss-reactive ketones (excluding diaryl/α,β-unsaturated/α-hetero) is 1. The van der Waals surface area contributed by atoms with Crippen LogP contribution in [0.3, 0.4) is 0 Å². The lowest BCUT2D eigenvalue weighted by Crippen LogP contribution is -2.17. The maximum absolute atomic E-state index is 11.8. The van der Waals surface area contributed by atoms with Gasteiger partial charge in [0.1, 0.15) is 5.78 Å². The largest absolute Gasteiger partial charge is 0.330 e. The van der Waals surface area contributed by atoms with Crippen LogP contribution in [0.15, 0.2) is 18.2 Å². The topological polar surface area (TPSA) is 43.1 Å². The molecule has 0 radical (unpaired) electrons. The third-order valence-electron chi connectivity index (χ3n) is 3.10. The fourth-order valence-electron chi connectivity index (χ4n) is 1.70. The van der Waals surface area contributed by atoms with E-state index < -0.39 is 0 Å². The van der Waals surface area contributed by atoms with E-state index in [1.54, 1.807) is 0 Å². The molecule has 0 fully saturated rings. The molecule has 1 rings (SSSR count). The van der Waals surface area contributed by atoms with Gasteiger partial charge in [-0.3, -0.25) is 4.79 Å². The van der Waals surface area contributed by atoms with E-state index in [9.17, 15) is 4.79 Å². The number of hydrogen-bond donors (Lipinski definition) is 1. The van der Waals surface area contributed by atoms with Gasteiger partial charge in [0, 0.05) is 12.3 Å². The quantitative estimate of drug-likeness (QED) is 0.826. The average Bonchev–Trinajstić information content (AvgIpc) is 2.24. The zero-order chi connectivity index (χ0) is 12.1. The monoisotopic (exact) mass is 219 g/mol. The van der Waals surface area contributed by atoms with Crippen LogP contribution >= 0.6 is 0 Å². The van der Waals surface area contributed by atoms with E-state index >= 15 is 0 Å². The lowest BCUT2D eigenvalue weighted by atomic mass is 9.95. The third-order valence-corrected chi connectivity index (χ3v) is 3.10. The first-order valence-corrected chi connectivity index (χ1v) is 5.83. The second kappa shape index (κ2) is 5.80. The molecule has 0 saturated heterocycles. The fourth-order valence-corrected chi connectivity index (χ4v) is 1.70. The van der Waals surface area contributed by atoms with Gasteiger partial charge in [-0.15, -0.1) is 0 Å². The highest BCUT2D eigenvalue weighted by molar-refractivity contribution is 5.83. The molecule has 0 aliphatic carbocycles. The molecule has 2 heteroatoms. The summed E-state index contributed by atoms with van der Waals surface area (Å²) >= 11 is 0. The highest BCUT2D eigenvalue weighted by Gasteiger charge is 2.12. The number of carbonyl (C=O) groups is 1. The number of rotatable bonds is 5. The van der Waals surface area contributed by atoms with Crippen molar-refractivity contribution in [3.63, 3.8) is 0 Å². The first-order valence-electron chi connectivity index (χ1n) is 5.83. The summed E-state index contributed by atoms with van der Waals surface area (Å²) in [5.74, 6) is 0.361. The first kappa shape index (κ1) is 12.9. The summed E-state index contributed by atoms with van der Waals surface area (Å²) < 4.78 is 0. The van der Waals surface area contributed by atoms with Gasteiger partial charge in [0.15, 0.2) is 0 Å². The molecule has 0 spiro atoms. The normalized spacial score (nSPS) is 12.5. The Balaban J connectivity index is 2.66. The van der Waals surface area contributed by atoms with Crippen molar-refractivity contribution in [3.05, 3.63) is 34.9 Å². The highest BCUT2D eigenvalue weighted by Crippen LogP contribution is 2.13. The Morgan fingerprint density at radius 3 is 2.56 bits per heavy atom. The first-order chi connectivity index (χ1) is 7.54. The Bertz CT molecular complexity index is 371. The molecule has 0 aliphatic heterocycles. The molecule has 1 aromatic carbocycles. The molecule has 16 heavy (non-hydrogen) atoms. The molecule has 0 aliphatic rings. The van der Waals surface area contributed by atoms with Crippen molar-refractivity contribution in [1.29, 1.82) is 0 Å². The second-order valence-corrected chi connectivity index (χ2v) is 4.54. The molecule has 0 amide bonds. The summed E-state index contributed by atoms with van der Waals surface area (Å²) in [6.45, 7) is 6.70. The summed E-state index contributed by atoms with van der Waals surface area (Å²) in [6, 6.07) is 6.21. The molecular formula is C14H21NO. The van der Waals surface area contributed by atoms with E-state index in [1.807, 2.05) is 13.0 Å². The minimum atomic E-state index is 0.0756. The summed E-state index contributed by atoms with van der Waals surface area (Å²) in [5, 5.41) is 0. The van der Waals surface area contributed by atoms with Gasteiger partial charge < -0.3 is 5.73 Å². The van der Waals surface area contributed by atoms with Crippen LogP contribution in [-0.4, -0.2) is 12.3 Å². The second-order valence-electron chi connectivity index (χ2n) is 4.54. The van der Waals surface area contributed by atoms with E-state index in [0.717, 1.165) is 12.0 Å². The molecular weight excluding hydrogens is 198 g/mol. The highest BCUT2D eigenvalue weighted by atomic mass is 16.1. The molecule has 0 aromatic heterocycles. The molecule has 88 valence electrons. The molecule has 2 N–H and O–H groups in total. The maximum Gasteiger partial charge on any atom is 0.140 e. The van der Waals surface area contributed by atoms with Crippen LogP contribution in [0.5, 0.6) is 0 Å². The number of carbonyl (C=O) groups excluding carboxylic acids is 1. The Morgan fingerprint density at radius 1 is 1.31 bits per heavy atom. The van der Waals surface area contributed by atoms with Crippen molar-refractivity contribution >= 4 is 5.78 Å². The number of ketones is 1. The lowest BCUT2D eigenvalue weighted by molar-refractivity contribution is -0.121. The Labute approximate surface area is 97.9 Å². The molecule has 1 unspecified atom stereocenters. The third kappa shape index (κ3) is 3.46. The van der Waals surface area contributed by atoms with Crippen molar-refractivity contribution < 1.29 is 4.79 Å². The smallest absolute Gasteiger partial charge is 0.140 e. The van der Waals surface area contributed by atoms with E-state index in [4.69, 9.17) is 5.73 Å². The SMILES string of the molecule is Cc1ccc(CC(=O)C(C)CCN)cc1C. The van der Waals surface area contributed by atoms with Crippen molar-refractivity contribution in [2.75, 3.05) is 6.54 Å². The van der Waals surface area contributed by atoms with Gasteiger partial charge in [0.2, 0.25) is 0 Å². The minimum absolute atomic E-state index is 0.0756. The van der Waals surface area contributed by atoms with Gasteiger partial charge in [0.25, 0.3) is 0 Å². The molecule has 0 saturated carbocycles. The van der Waals surface area contributed by atoms with Gasteiger partial charge in [-0.2, -0.15) is 0 Å². The maximum atomic E-state index is 11.8. The predicted molar refractivity (Wildman–Crippen MR) is 67.5 cm³/mol. The van der Waals surface area contributed by atoms with Gasteiger partial charge in [0.05, 0.1) is 0 Å². The zero-order valence-corrected chi connectivity index (χ0v) is 10.4. The zero-order valence-electron chi connectivity index (χ0n) is 10.4. The van der Waals surface area contributed by atoms with E-state index in [2.05, 4.69) is 26.0 Å². The van der Waals surface area contributed by atoms with Gasteiger partial charge in [-0.25, -0.2) is 0 Å². The Kier molecular flexibility index (Phi) is 4.69. The fraction of sp³-hybridized carbons (Fsp3) is 0.500. The molecule has 0 heterocycles. The minimum Gasteiger partial charge on any atom is -0.330 e. The van der Waals surface area contributed by atoms with E-state index in [1.165, 1.54) is 11.1 Å². The Hall–Kier alpha value is -1.15. The number of benzene rings is 1. The standard InChI is InChI=1S/C14H21NO/c1-10-4-5-13(8-12(10)3)9-14(16)11(2)6-7-15/h4-5,8,11H,6-7,9,15H2,1-3H3. The van der Waals surface area contributed by atoms with Crippen LogP contribution in [-0.2, 0) is 11.2 Å². The van der Waals surface area contributed by atoms with Crippen molar-refractivity contribution in [2.45, 2.75) is 33.6 Å². The molecule has 0 bridgehead atoms. The molecule has 1 aromatic rings. The van der Waals surface area contributed by atoms with Crippen LogP contribution < -0.4 is 5.73 Å². The molecule has 2 nitrogen and oxygen atoms in total. The van der Waals surface area contributed by atoms with Crippen molar-refractivity contribution in [3.8, 4) is 0 Å². The summed E-state index contributed by atoms with van der Waals surface area (Å²) in [4.78, 5) is 11.8. The van der Waals surface area contributed by atoms with Crippen molar-refractivity contribution in [1.82, 2.24) is 0 Å². The van der Waals surface area contributed by atoms with Crippen molar-refractivity contribution in [2.24, 2.45) is 11.7 Å². The number of aryl methyl sites for hydroxylation is 2. The van der Waals surface area contributed by atoms with Gasteiger partial charge in [-0.05, 0) is 43.5 Å². The number of hydrogen-bond acceptors (Lipinski definition) is 2. The van der Waals surface area contributed by atoms with E-state index in [0.29, 0.717) is 13.0 Å². The van der Waals surface area contributed by atoms with Gasteiger partial charge >= 0.3 is 0 Å². The van der Waals surface area contributed by atoms with Crippen LogP contribution in [0, 0.1) is 19.8 Å². The number of nitrogens with two attached hydrogens (primary N) is 1. The summed E-state index contributed by atoms with van der Waals surface area (Å²) in [7, 11) is 0. The van der Waals surface area contributed by atoms with Crippen LogP contribution in [0.1, 0.15) is 30.0 Å². The van der Waals surface area contributed by atoms with Crippen LogP contribution in [0.4, 0.5) is 0 Å². The molecule has 1 atom stereocenters. The van der Waals surface area contributed by atoms with Crippen LogP contribution in [0.2, 0.25) is 0 Å².